The fourth-order valence-corrected chi connectivity index (χ4v) is 3.36. The van der Waals surface area contributed by atoms with E-state index in [2.05, 4.69) is 10.00 Å². The van der Waals surface area contributed by atoms with Gasteiger partial charge in [0.1, 0.15) is 0 Å². The minimum atomic E-state index is -0.404. The fraction of sp³-hybridized carbons (Fsp3) is 0.733. The summed E-state index contributed by atoms with van der Waals surface area (Å²) in [5.41, 5.74) is 0.966. The number of carbonyl (C=O) groups excluding carboxylic acids is 1. The van der Waals surface area contributed by atoms with E-state index in [1.165, 1.54) is 12.8 Å². The monoisotopic (exact) mass is 292 g/mol. The highest BCUT2D eigenvalue weighted by Crippen LogP contribution is 2.21. The Hall–Kier alpha value is -1.40. The number of hydrogen-bond acceptors (Lipinski definition) is 4. The van der Waals surface area contributed by atoms with Crippen molar-refractivity contribution in [3.8, 4) is 0 Å². The van der Waals surface area contributed by atoms with Crippen LogP contribution in [0.3, 0.4) is 0 Å². The molecular weight excluding hydrogens is 268 g/mol. The van der Waals surface area contributed by atoms with Crippen molar-refractivity contribution in [2.24, 2.45) is 0 Å². The Morgan fingerprint density at radius 3 is 2.81 bits per heavy atom. The maximum Gasteiger partial charge on any atom is 0.224 e. The quantitative estimate of drug-likeness (QED) is 0.864. The number of likely N-dealkylation sites (tertiary alicyclic amines) is 2. The summed E-state index contributed by atoms with van der Waals surface area (Å²) in [7, 11) is 0. The number of aryl methyl sites for hydroxylation is 2. The van der Waals surface area contributed by atoms with Crippen LogP contribution in [-0.2, 0) is 11.3 Å². The Morgan fingerprint density at radius 1 is 1.38 bits per heavy atom. The van der Waals surface area contributed by atoms with Gasteiger partial charge < -0.3 is 10.0 Å². The summed E-state index contributed by atoms with van der Waals surface area (Å²) in [6.07, 6.45) is 4.35. The van der Waals surface area contributed by atoms with Gasteiger partial charge in [-0.05, 0) is 38.9 Å². The number of β-amino-alcohol motifs (C(OH)–C–C–N with tert-alkyl or cyclic N) is 1. The van der Waals surface area contributed by atoms with Crippen LogP contribution in [0.2, 0.25) is 0 Å². The van der Waals surface area contributed by atoms with Gasteiger partial charge in [-0.3, -0.25) is 14.4 Å². The molecule has 6 nitrogen and oxygen atoms in total. The first kappa shape index (κ1) is 14.5. The number of nitrogens with zero attached hydrogens (tertiary/aromatic N) is 4. The zero-order chi connectivity index (χ0) is 14.8. The van der Waals surface area contributed by atoms with E-state index in [0.29, 0.717) is 26.1 Å². The molecule has 2 saturated heterocycles. The predicted molar refractivity (Wildman–Crippen MR) is 78.8 cm³/mol. The molecule has 0 aromatic carbocycles. The van der Waals surface area contributed by atoms with Crippen LogP contribution in [0.4, 0.5) is 0 Å². The number of rotatable bonds is 4. The second-order valence-electron chi connectivity index (χ2n) is 6.15. The molecule has 21 heavy (non-hydrogen) atoms. The molecule has 0 radical (unpaired) electrons. The zero-order valence-electron chi connectivity index (χ0n) is 12.6. The minimum absolute atomic E-state index is 0.115. The van der Waals surface area contributed by atoms with Crippen LogP contribution in [0.15, 0.2) is 12.3 Å². The molecule has 116 valence electrons. The van der Waals surface area contributed by atoms with Gasteiger partial charge in [-0.2, -0.15) is 5.10 Å². The lowest BCUT2D eigenvalue weighted by atomic mass is 10.2. The number of aliphatic hydroxyl groups excluding tert-OH is 1. The van der Waals surface area contributed by atoms with Crippen molar-refractivity contribution in [2.75, 3.05) is 26.2 Å². The van der Waals surface area contributed by atoms with Gasteiger partial charge in [0.2, 0.25) is 5.91 Å². The van der Waals surface area contributed by atoms with Gasteiger partial charge in [0.05, 0.1) is 17.8 Å². The number of aromatic nitrogens is 2. The molecule has 2 aliphatic heterocycles. The van der Waals surface area contributed by atoms with Crippen LogP contribution in [0, 0.1) is 6.92 Å². The standard InChI is InChI=1S/C15H24N4O2/c1-12-4-8-19(16-12)9-5-15(21)18-10-13(14(20)11-18)17-6-2-3-7-17/h4,8,13-14,20H,2-3,5-7,9-11H2,1H3/t13-,14-/m1/s1. The van der Waals surface area contributed by atoms with E-state index in [1.807, 2.05) is 24.1 Å². The topological polar surface area (TPSA) is 61.6 Å². The zero-order valence-corrected chi connectivity index (χ0v) is 12.6. The highest BCUT2D eigenvalue weighted by atomic mass is 16.3. The lowest BCUT2D eigenvalue weighted by molar-refractivity contribution is -0.130. The fourth-order valence-electron chi connectivity index (χ4n) is 3.36. The average Bonchev–Trinajstić information content (AvgIpc) is 3.16. The van der Waals surface area contributed by atoms with Crippen LogP contribution < -0.4 is 0 Å². The summed E-state index contributed by atoms with van der Waals surface area (Å²) in [6, 6.07) is 2.07. The van der Waals surface area contributed by atoms with Crippen molar-refractivity contribution < 1.29 is 9.90 Å². The molecule has 6 heteroatoms. The molecule has 1 aromatic rings. The average molecular weight is 292 g/mol. The summed E-state index contributed by atoms with van der Waals surface area (Å²) < 4.78 is 1.80. The predicted octanol–water partition coefficient (Wildman–Crippen LogP) is 0.249. The van der Waals surface area contributed by atoms with Crippen LogP contribution in [-0.4, -0.2) is 68.9 Å². The summed E-state index contributed by atoms with van der Waals surface area (Å²) in [5, 5.41) is 14.5. The first-order valence-electron chi connectivity index (χ1n) is 7.83. The first-order valence-corrected chi connectivity index (χ1v) is 7.83. The normalized spacial score (nSPS) is 26.7. The van der Waals surface area contributed by atoms with Crippen molar-refractivity contribution in [2.45, 2.75) is 44.9 Å². The van der Waals surface area contributed by atoms with E-state index in [0.717, 1.165) is 18.8 Å². The number of aliphatic hydroxyl groups is 1. The summed E-state index contributed by atoms with van der Waals surface area (Å²) in [4.78, 5) is 16.4. The smallest absolute Gasteiger partial charge is 0.224 e. The number of amides is 1. The van der Waals surface area contributed by atoms with Crippen molar-refractivity contribution in [1.29, 1.82) is 0 Å². The van der Waals surface area contributed by atoms with Crippen LogP contribution in [0.1, 0.15) is 25.0 Å². The molecular formula is C15H24N4O2. The largest absolute Gasteiger partial charge is 0.390 e. The molecule has 1 N–H and O–H groups in total. The van der Waals surface area contributed by atoms with E-state index >= 15 is 0 Å². The van der Waals surface area contributed by atoms with Crippen LogP contribution in [0.5, 0.6) is 0 Å². The minimum Gasteiger partial charge on any atom is -0.390 e. The maximum atomic E-state index is 12.3. The van der Waals surface area contributed by atoms with Gasteiger partial charge in [-0.15, -0.1) is 0 Å². The summed E-state index contributed by atoms with van der Waals surface area (Å²) in [5.74, 6) is 0.115. The summed E-state index contributed by atoms with van der Waals surface area (Å²) >= 11 is 0. The molecule has 3 rings (SSSR count). The first-order chi connectivity index (χ1) is 10.1. The second kappa shape index (κ2) is 6.15. The highest BCUT2D eigenvalue weighted by molar-refractivity contribution is 5.76. The van der Waals surface area contributed by atoms with Crippen molar-refractivity contribution in [3.05, 3.63) is 18.0 Å². The summed E-state index contributed by atoms with van der Waals surface area (Å²) in [6.45, 7) is 5.78. The van der Waals surface area contributed by atoms with Gasteiger partial charge in [-0.1, -0.05) is 0 Å². The molecule has 2 aliphatic rings. The second-order valence-corrected chi connectivity index (χ2v) is 6.15. The maximum absolute atomic E-state index is 12.3. The number of hydrogen-bond donors (Lipinski definition) is 1. The van der Waals surface area contributed by atoms with Crippen LogP contribution in [0.25, 0.3) is 0 Å². The van der Waals surface area contributed by atoms with Crippen LogP contribution >= 0.6 is 0 Å². The highest BCUT2D eigenvalue weighted by Gasteiger charge is 2.38. The molecule has 2 fully saturated rings. The third-order valence-corrected chi connectivity index (χ3v) is 4.55. The molecule has 0 aliphatic carbocycles. The van der Waals surface area contributed by atoms with Gasteiger partial charge in [0.15, 0.2) is 0 Å². The molecule has 3 heterocycles. The Balaban J connectivity index is 1.51. The SMILES string of the molecule is Cc1ccn(CCC(=O)N2C[C@@H](O)[C@H](N3CCCC3)C2)n1. The van der Waals surface area contributed by atoms with Gasteiger partial charge in [0.25, 0.3) is 0 Å². The number of carbonyl (C=O) groups is 1. The third-order valence-electron chi connectivity index (χ3n) is 4.55. The molecule has 0 spiro atoms. The Labute approximate surface area is 125 Å². The molecule has 1 aromatic heterocycles. The van der Waals surface area contributed by atoms with E-state index in [-0.39, 0.29) is 11.9 Å². The van der Waals surface area contributed by atoms with Gasteiger partial charge >= 0.3 is 0 Å². The Bertz CT molecular complexity index is 496. The van der Waals surface area contributed by atoms with Gasteiger partial charge in [-0.25, -0.2) is 0 Å². The van der Waals surface area contributed by atoms with E-state index in [1.54, 1.807) is 4.68 Å². The van der Waals surface area contributed by atoms with E-state index < -0.39 is 6.10 Å². The Morgan fingerprint density at radius 2 is 2.14 bits per heavy atom. The molecule has 0 bridgehead atoms. The third kappa shape index (κ3) is 3.27. The van der Waals surface area contributed by atoms with E-state index in [4.69, 9.17) is 0 Å². The van der Waals surface area contributed by atoms with Crippen molar-refractivity contribution in [1.82, 2.24) is 19.6 Å². The lowest BCUT2D eigenvalue weighted by Gasteiger charge is -2.25. The van der Waals surface area contributed by atoms with Crippen molar-refractivity contribution >= 4 is 5.91 Å². The molecule has 0 unspecified atom stereocenters. The van der Waals surface area contributed by atoms with Gasteiger partial charge in [0, 0.05) is 32.3 Å². The molecule has 1 amide bonds. The van der Waals surface area contributed by atoms with Crippen molar-refractivity contribution in [3.63, 3.8) is 0 Å². The molecule has 2 atom stereocenters. The van der Waals surface area contributed by atoms with E-state index in [9.17, 15) is 9.90 Å². The Kier molecular flexibility index (Phi) is 4.26. The lowest BCUT2D eigenvalue weighted by Crippen LogP contribution is -2.41. The molecule has 0 saturated carbocycles.